The molecule has 0 heteroatoms. The van der Waals surface area contributed by atoms with Gasteiger partial charge in [0.2, 0.25) is 0 Å². The molecule has 0 aromatic carbocycles. The maximum Gasteiger partial charge on any atom is -0.0412 e. The molecule has 0 bridgehead atoms. The van der Waals surface area contributed by atoms with Crippen molar-refractivity contribution in [3.63, 3.8) is 0 Å². The summed E-state index contributed by atoms with van der Waals surface area (Å²) in [5.74, 6) is 2.02. The van der Waals surface area contributed by atoms with Crippen LogP contribution in [-0.2, 0) is 0 Å². The van der Waals surface area contributed by atoms with Gasteiger partial charge in [0.25, 0.3) is 0 Å². The highest BCUT2D eigenvalue weighted by Gasteiger charge is 2.17. The fourth-order valence-corrected chi connectivity index (χ4v) is 11.8. The maximum atomic E-state index is 3.99. The highest BCUT2D eigenvalue weighted by atomic mass is 14.2. The van der Waals surface area contributed by atoms with E-state index < -0.39 is 0 Å². The third-order valence-electron chi connectivity index (χ3n) is 16.7. The van der Waals surface area contributed by atoms with Crippen LogP contribution >= 0.6 is 0 Å². The molecule has 0 aromatic heterocycles. The largest absolute Gasteiger partial charge is 0.0654 e. The molecule has 0 rings (SSSR count). The molecule has 0 amide bonds. The van der Waals surface area contributed by atoms with Crippen LogP contribution in [0.1, 0.15) is 419 Å². The first-order chi connectivity index (χ1) is 33.8. The first-order valence-electron chi connectivity index (χ1n) is 33.6. The molecule has 0 spiro atoms. The summed E-state index contributed by atoms with van der Waals surface area (Å²) in [6.07, 6.45) is 91.7. The van der Waals surface area contributed by atoms with Gasteiger partial charge in [-0.2, -0.15) is 0 Å². The topological polar surface area (TPSA) is 0 Å². The molecule has 1 radical (unpaired) electrons. The SMILES string of the molecule is [CH2]CCCCCCCCCCCCCCCCCC(CCCCCCCCCCCCCCC)CC(CCCCCCCCCCCCCCCC)CCCCCCCCCCCCCCCC. The van der Waals surface area contributed by atoms with Crippen molar-refractivity contribution in [1.29, 1.82) is 0 Å². The first-order valence-corrected chi connectivity index (χ1v) is 33.6. The van der Waals surface area contributed by atoms with Gasteiger partial charge in [-0.1, -0.05) is 419 Å². The summed E-state index contributed by atoms with van der Waals surface area (Å²) in [6.45, 7) is 11.0. The normalized spacial score (nSPS) is 12.3. The Hall–Kier alpha value is 0. The molecule has 0 aliphatic rings. The molecule has 0 aromatic rings. The van der Waals surface area contributed by atoms with E-state index in [1.54, 1.807) is 32.1 Å². The van der Waals surface area contributed by atoms with Crippen molar-refractivity contribution in [1.82, 2.24) is 0 Å². The fraction of sp³-hybridized carbons (Fsp3) is 0.985. The molecule has 0 saturated carbocycles. The Kier molecular flexibility index (Phi) is 63.1. The second kappa shape index (κ2) is 63.1. The van der Waals surface area contributed by atoms with Gasteiger partial charge in [-0.3, -0.25) is 0 Å². The van der Waals surface area contributed by atoms with E-state index in [1.807, 2.05) is 0 Å². The van der Waals surface area contributed by atoms with E-state index in [0.717, 1.165) is 18.3 Å². The van der Waals surface area contributed by atoms with Crippen LogP contribution in [0.25, 0.3) is 0 Å². The van der Waals surface area contributed by atoms with Crippen LogP contribution in [0.4, 0.5) is 0 Å². The summed E-state index contributed by atoms with van der Waals surface area (Å²) < 4.78 is 0. The summed E-state index contributed by atoms with van der Waals surface area (Å²) in [5, 5.41) is 0. The lowest BCUT2D eigenvalue weighted by atomic mass is 9.81. The number of hydrogen-bond acceptors (Lipinski definition) is 0. The van der Waals surface area contributed by atoms with E-state index in [0.29, 0.717) is 0 Å². The van der Waals surface area contributed by atoms with Crippen LogP contribution in [0.5, 0.6) is 0 Å². The van der Waals surface area contributed by atoms with Crippen LogP contribution in [0.2, 0.25) is 0 Å². The molecule has 0 fully saturated rings. The Morgan fingerprint density at radius 2 is 0.309 bits per heavy atom. The monoisotopic (exact) mass is 954 g/mol. The molecule has 0 aliphatic heterocycles. The summed E-state index contributed by atoms with van der Waals surface area (Å²) in [7, 11) is 0. The minimum Gasteiger partial charge on any atom is -0.0654 e. The zero-order chi connectivity index (χ0) is 49.0. The van der Waals surface area contributed by atoms with Crippen molar-refractivity contribution >= 4 is 0 Å². The van der Waals surface area contributed by atoms with E-state index in [9.17, 15) is 0 Å². The molecule has 0 nitrogen and oxygen atoms in total. The van der Waals surface area contributed by atoms with Crippen molar-refractivity contribution in [2.45, 2.75) is 419 Å². The van der Waals surface area contributed by atoms with Crippen molar-refractivity contribution < 1.29 is 0 Å². The highest BCUT2D eigenvalue weighted by Crippen LogP contribution is 2.32. The van der Waals surface area contributed by atoms with Gasteiger partial charge in [0, 0.05) is 0 Å². The van der Waals surface area contributed by atoms with Gasteiger partial charge in [0.05, 0.1) is 0 Å². The Balaban J connectivity index is 4.83. The second-order valence-electron chi connectivity index (χ2n) is 23.7. The van der Waals surface area contributed by atoms with E-state index in [2.05, 4.69) is 27.7 Å². The van der Waals surface area contributed by atoms with Gasteiger partial charge in [0.1, 0.15) is 0 Å². The van der Waals surface area contributed by atoms with E-state index >= 15 is 0 Å². The number of unbranched alkanes of at least 4 members (excludes halogenated alkanes) is 53. The lowest BCUT2D eigenvalue weighted by molar-refractivity contribution is 0.282. The average Bonchev–Trinajstić information content (AvgIpc) is 3.35. The van der Waals surface area contributed by atoms with Crippen molar-refractivity contribution in [3.05, 3.63) is 6.92 Å². The molecule has 0 N–H and O–H groups in total. The van der Waals surface area contributed by atoms with Crippen molar-refractivity contribution in [2.24, 2.45) is 11.8 Å². The van der Waals surface area contributed by atoms with Gasteiger partial charge >= 0.3 is 0 Å². The zero-order valence-corrected chi connectivity index (χ0v) is 48.7. The summed E-state index contributed by atoms with van der Waals surface area (Å²) in [4.78, 5) is 0. The fourth-order valence-electron chi connectivity index (χ4n) is 11.8. The summed E-state index contributed by atoms with van der Waals surface area (Å²) in [5.41, 5.74) is 0. The van der Waals surface area contributed by atoms with Crippen molar-refractivity contribution in [2.75, 3.05) is 0 Å². The third kappa shape index (κ3) is 58.6. The van der Waals surface area contributed by atoms with Gasteiger partial charge in [0.15, 0.2) is 0 Å². The number of hydrogen-bond donors (Lipinski definition) is 0. The van der Waals surface area contributed by atoms with Crippen LogP contribution in [0.3, 0.4) is 0 Å². The lowest BCUT2D eigenvalue weighted by Crippen LogP contribution is -2.11. The molecular formula is C68H137. The second-order valence-corrected chi connectivity index (χ2v) is 23.7. The molecule has 1 atom stereocenters. The smallest absolute Gasteiger partial charge is 0.0412 e. The molecule has 1 unspecified atom stereocenters. The number of rotatable bonds is 63. The minimum absolute atomic E-state index is 1.01. The maximum absolute atomic E-state index is 3.99. The van der Waals surface area contributed by atoms with Gasteiger partial charge in [-0.15, -0.1) is 0 Å². The molecule has 0 heterocycles. The van der Waals surface area contributed by atoms with Gasteiger partial charge in [-0.25, -0.2) is 0 Å². The van der Waals surface area contributed by atoms with E-state index in [1.165, 1.54) is 360 Å². The highest BCUT2D eigenvalue weighted by molar-refractivity contribution is 4.70. The standard InChI is InChI=1S/C68H137/c1-5-9-13-17-21-25-29-33-36-37-41-45-49-53-57-61-65-67(62-58-54-50-46-42-38-32-28-24-20-16-12-8-4)66-68(63-59-55-51-47-43-39-34-30-26-22-18-14-10-6-2)64-60-56-52-48-44-40-35-31-27-23-19-15-11-7-3/h67-68H,1,5-66H2,2-4H3. The Morgan fingerprint density at radius 3 is 0.456 bits per heavy atom. The predicted molar refractivity (Wildman–Crippen MR) is 316 cm³/mol. The quantitative estimate of drug-likeness (QED) is 0.0533. The Morgan fingerprint density at radius 1 is 0.176 bits per heavy atom. The van der Waals surface area contributed by atoms with Crippen molar-refractivity contribution in [3.8, 4) is 0 Å². The van der Waals surface area contributed by atoms with Crippen LogP contribution in [0, 0.1) is 18.8 Å². The Labute approximate surface area is 435 Å². The molecule has 0 saturated heterocycles. The minimum atomic E-state index is 1.01. The van der Waals surface area contributed by atoms with Gasteiger partial charge < -0.3 is 0 Å². The van der Waals surface area contributed by atoms with Gasteiger partial charge in [-0.05, 0) is 18.3 Å². The average molecular weight is 955 g/mol. The first kappa shape index (κ1) is 68.0. The summed E-state index contributed by atoms with van der Waals surface area (Å²) in [6, 6.07) is 0. The van der Waals surface area contributed by atoms with E-state index in [-0.39, 0.29) is 0 Å². The van der Waals surface area contributed by atoms with Crippen LogP contribution in [0.15, 0.2) is 0 Å². The summed E-state index contributed by atoms with van der Waals surface area (Å²) >= 11 is 0. The van der Waals surface area contributed by atoms with Crippen LogP contribution < -0.4 is 0 Å². The predicted octanol–water partition coefficient (Wildman–Crippen LogP) is 26.3. The Bertz CT molecular complexity index is 796. The molecule has 68 heavy (non-hydrogen) atoms. The molecule has 0 aliphatic carbocycles. The lowest BCUT2D eigenvalue weighted by Gasteiger charge is -2.24. The van der Waals surface area contributed by atoms with E-state index in [4.69, 9.17) is 0 Å². The molecular weight excluding hydrogens is 817 g/mol. The third-order valence-corrected chi connectivity index (χ3v) is 16.7. The van der Waals surface area contributed by atoms with Crippen LogP contribution in [-0.4, -0.2) is 0 Å². The zero-order valence-electron chi connectivity index (χ0n) is 48.7. The molecule has 409 valence electrons.